The van der Waals surface area contributed by atoms with Gasteiger partial charge in [-0.15, -0.1) is 0 Å². The predicted molar refractivity (Wildman–Crippen MR) is 130 cm³/mol. The molecule has 4 saturated carbocycles. The summed E-state index contributed by atoms with van der Waals surface area (Å²) in [5.74, 6) is 3.46. The van der Waals surface area contributed by atoms with E-state index in [4.69, 9.17) is 4.98 Å². The van der Waals surface area contributed by atoms with Gasteiger partial charge in [-0.25, -0.2) is 4.98 Å². The number of aliphatic hydroxyl groups is 1. The Balaban J connectivity index is 1.31. The number of rotatable bonds is 6. The van der Waals surface area contributed by atoms with Crippen molar-refractivity contribution in [2.24, 2.45) is 28.6 Å². The lowest BCUT2D eigenvalue weighted by atomic mass is 9.49. The van der Waals surface area contributed by atoms with Gasteiger partial charge in [-0.05, 0) is 91.4 Å². The van der Waals surface area contributed by atoms with Crippen LogP contribution in [0.1, 0.15) is 65.7 Å². The molecule has 4 bridgehead atoms. The number of benzene rings is 1. The second-order valence-corrected chi connectivity index (χ2v) is 12.0. The fraction of sp³-hybridized carbons (Fsp3) is 0.630. The zero-order valence-electron chi connectivity index (χ0n) is 19.7. The molecule has 1 unspecified atom stereocenters. The first-order valence-electron chi connectivity index (χ1n) is 12.3. The summed E-state index contributed by atoms with van der Waals surface area (Å²) >= 11 is 0. The molecule has 3 N–H and O–H groups in total. The lowest BCUT2D eigenvalue weighted by Gasteiger charge is -2.56. The number of amides is 1. The van der Waals surface area contributed by atoms with Crippen LogP contribution in [0, 0.1) is 28.6 Å². The van der Waals surface area contributed by atoms with E-state index in [1.165, 1.54) is 38.5 Å². The van der Waals surface area contributed by atoms with Crippen LogP contribution in [0.4, 0.5) is 11.5 Å². The van der Waals surface area contributed by atoms with Gasteiger partial charge >= 0.3 is 0 Å². The van der Waals surface area contributed by atoms with Gasteiger partial charge in [0.1, 0.15) is 5.82 Å². The molecule has 0 aliphatic heterocycles. The van der Waals surface area contributed by atoms with Crippen LogP contribution in [0.2, 0.25) is 0 Å². The highest BCUT2D eigenvalue weighted by atomic mass is 16.3. The van der Waals surface area contributed by atoms with Crippen LogP contribution in [0.25, 0.3) is 10.9 Å². The molecule has 4 aliphatic rings. The number of fused-ring (bicyclic) bond motifs is 1. The van der Waals surface area contributed by atoms with Crippen molar-refractivity contribution in [3.05, 3.63) is 30.3 Å². The highest BCUT2D eigenvalue weighted by Crippen LogP contribution is 2.61. The molecule has 4 aliphatic carbocycles. The predicted octanol–water partition coefficient (Wildman–Crippen LogP) is 5.60. The Morgan fingerprint density at radius 1 is 1.09 bits per heavy atom. The molecule has 0 saturated heterocycles. The lowest BCUT2D eigenvalue weighted by molar-refractivity contribution is -0.124. The number of nitrogens with one attached hydrogen (secondary N) is 2. The fourth-order valence-electron chi connectivity index (χ4n) is 7.10. The molecule has 0 spiro atoms. The molecular formula is C27H37N3O2. The zero-order valence-corrected chi connectivity index (χ0v) is 19.7. The van der Waals surface area contributed by atoms with Gasteiger partial charge in [0.05, 0.1) is 23.9 Å². The van der Waals surface area contributed by atoms with E-state index in [1.807, 2.05) is 30.3 Å². The van der Waals surface area contributed by atoms with E-state index < -0.39 is 0 Å². The second kappa shape index (κ2) is 8.02. The van der Waals surface area contributed by atoms with Gasteiger partial charge in [0.2, 0.25) is 5.91 Å². The number of carbonyl (C=O) groups excluding carboxylic acids is 1. The van der Waals surface area contributed by atoms with E-state index in [9.17, 15) is 9.90 Å². The van der Waals surface area contributed by atoms with Crippen LogP contribution in [0.15, 0.2) is 30.3 Å². The monoisotopic (exact) mass is 435 g/mol. The van der Waals surface area contributed by atoms with Gasteiger partial charge < -0.3 is 15.7 Å². The first-order chi connectivity index (χ1) is 15.2. The van der Waals surface area contributed by atoms with Crippen LogP contribution < -0.4 is 10.6 Å². The number of aromatic nitrogens is 1. The Hall–Kier alpha value is -2.14. The van der Waals surface area contributed by atoms with Crippen LogP contribution in [-0.2, 0) is 4.79 Å². The maximum absolute atomic E-state index is 13.1. The summed E-state index contributed by atoms with van der Waals surface area (Å²) in [4.78, 5) is 17.9. The van der Waals surface area contributed by atoms with E-state index in [2.05, 4.69) is 31.4 Å². The molecule has 2 aromatic rings. The Kier molecular flexibility index (Phi) is 5.43. The summed E-state index contributed by atoms with van der Waals surface area (Å²) in [6.45, 7) is 6.34. The van der Waals surface area contributed by atoms with Crippen molar-refractivity contribution in [1.29, 1.82) is 0 Å². The average Bonchev–Trinajstić information content (AvgIpc) is 2.69. The molecule has 1 heterocycles. The number of carbonyl (C=O) groups is 1. The number of nitrogens with zero attached hydrogens (tertiary/aromatic N) is 1. The molecule has 172 valence electrons. The fourth-order valence-corrected chi connectivity index (χ4v) is 7.10. The number of hydrogen-bond donors (Lipinski definition) is 3. The molecule has 32 heavy (non-hydrogen) atoms. The van der Waals surface area contributed by atoms with Gasteiger partial charge in [-0.3, -0.25) is 4.79 Å². The minimum atomic E-state index is -0.0874. The average molecular weight is 436 g/mol. The molecular weight excluding hydrogens is 398 g/mol. The van der Waals surface area contributed by atoms with Crippen molar-refractivity contribution in [1.82, 2.24) is 4.98 Å². The molecule has 1 aromatic heterocycles. The van der Waals surface area contributed by atoms with Crippen LogP contribution in [-0.4, -0.2) is 28.6 Å². The lowest BCUT2D eigenvalue weighted by Crippen LogP contribution is -2.47. The van der Waals surface area contributed by atoms with Crippen LogP contribution in [0.3, 0.4) is 0 Å². The van der Waals surface area contributed by atoms with Gasteiger partial charge in [0.15, 0.2) is 0 Å². The summed E-state index contributed by atoms with van der Waals surface area (Å²) in [6, 6.07) is 9.76. The Bertz CT molecular complexity index is 974. The first-order valence-corrected chi connectivity index (χ1v) is 12.3. The molecule has 1 amide bonds. The number of pyridine rings is 1. The van der Waals surface area contributed by atoms with Crippen molar-refractivity contribution < 1.29 is 9.90 Å². The summed E-state index contributed by atoms with van der Waals surface area (Å²) in [5.41, 5.74) is 1.84. The van der Waals surface area contributed by atoms with E-state index >= 15 is 0 Å². The quantitative estimate of drug-likeness (QED) is 0.552. The standard InChI is InChI=1S/C27H37N3O2/c1-26(2,3)23(16-31)30-24-8-7-20-21(28-24)5-4-6-22(20)29-25(32)15-27-12-17-9-18(13-27)11-19(10-17)14-27/h4-8,17-19,23,31H,9-16H2,1-3H3,(H,28,30)(H,29,32). The largest absolute Gasteiger partial charge is 0.394 e. The maximum atomic E-state index is 13.1. The summed E-state index contributed by atoms with van der Waals surface area (Å²) in [6.07, 6.45) is 8.61. The summed E-state index contributed by atoms with van der Waals surface area (Å²) in [5, 5.41) is 17.3. The Labute approximate surface area is 191 Å². The number of hydrogen-bond acceptors (Lipinski definition) is 4. The minimum Gasteiger partial charge on any atom is -0.394 e. The molecule has 1 aromatic carbocycles. The first kappa shape index (κ1) is 21.7. The topological polar surface area (TPSA) is 74.2 Å². The third kappa shape index (κ3) is 4.24. The van der Waals surface area contributed by atoms with E-state index in [1.54, 1.807) is 0 Å². The normalized spacial score (nSPS) is 29.8. The van der Waals surface area contributed by atoms with Crippen molar-refractivity contribution >= 4 is 28.3 Å². The molecule has 1 atom stereocenters. The third-order valence-electron chi connectivity index (χ3n) is 8.26. The van der Waals surface area contributed by atoms with Gasteiger partial charge in [-0.1, -0.05) is 26.8 Å². The van der Waals surface area contributed by atoms with Crippen LogP contribution in [0.5, 0.6) is 0 Å². The molecule has 6 rings (SSSR count). The summed E-state index contributed by atoms with van der Waals surface area (Å²) in [7, 11) is 0. The van der Waals surface area contributed by atoms with Crippen molar-refractivity contribution in [2.75, 3.05) is 17.2 Å². The highest BCUT2D eigenvalue weighted by Gasteiger charge is 2.51. The highest BCUT2D eigenvalue weighted by molar-refractivity contribution is 6.01. The van der Waals surface area contributed by atoms with Crippen molar-refractivity contribution in [3.63, 3.8) is 0 Å². The molecule has 5 heteroatoms. The van der Waals surface area contributed by atoms with Crippen LogP contribution >= 0.6 is 0 Å². The van der Waals surface area contributed by atoms with Gasteiger partial charge in [-0.2, -0.15) is 0 Å². The second-order valence-electron chi connectivity index (χ2n) is 12.0. The van der Waals surface area contributed by atoms with E-state index in [0.717, 1.165) is 40.2 Å². The van der Waals surface area contributed by atoms with E-state index in [0.29, 0.717) is 6.42 Å². The zero-order chi connectivity index (χ0) is 22.5. The van der Waals surface area contributed by atoms with Crippen molar-refractivity contribution in [2.45, 2.75) is 71.8 Å². The number of anilines is 2. The molecule has 0 radical (unpaired) electrons. The smallest absolute Gasteiger partial charge is 0.224 e. The Morgan fingerprint density at radius 3 is 2.34 bits per heavy atom. The maximum Gasteiger partial charge on any atom is 0.224 e. The number of aliphatic hydroxyl groups excluding tert-OH is 1. The molecule has 5 nitrogen and oxygen atoms in total. The minimum absolute atomic E-state index is 0.0453. The Morgan fingerprint density at radius 2 is 1.75 bits per heavy atom. The van der Waals surface area contributed by atoms with Gasteiger partial charge in [0.25, 0.3) is 0 Å². The van der Waals surface area contributed by atoms with Crippen molar-refractivity contribution in [3.8, 4) is 0 Å². The third-order valence-corrected chi connectivity index (χ3v) is 8.26. The van der Waals surface area contributed by atoms with E-state index in [-0.39, 0.29) is 29.4 Å². The summed E-state index contributed by atoms with van der Waals surface area (Å²) < 4.78 is 0. The molecule has 4 fully saturated rings. The van der Waals surface area contributed by atoms with Gasteiger partial charge in [0, 0.05) is 11.8 Å². The SMILES string of the molecule is CC(C)(C)C(CO)Nc1ccc2c(NC(=O)CC34CC5CC(CC(C5)C3)C4)cccc2n1.